The number of carbonyl (C=O) groups is 1. The Labute approximate surface area is 143 Å². The predicted octanol–water partition coefficient (Wildman–Crippen LogP) is 3.73. The second-order valence-corrected chi connectivity index (χ2v) is 5.15. The highest BCUT2D eigenvalue weighted by atomic mass is 16.5. The second-order valence-electron chi connectivity index (χ2n) is 5.15. The summed E-state index contributed by atoms with van der Waals surface area (Å²) < 4.78 is 21.3. The molecule has 0 fully saturated rings. The fourth-order valence-corrected chi connectivity index (χ4v) is 2.26. The van der Waals surface area contributed by atoms with E-state index in [1.54, 1.807) is 12.1 Å². The number of rotatable bonds is 11. The van der Waals surface area contributed by atoms with Crippen LogP contribution in [0.2, 0.25) is 0 Å². The lowest BCUT2D eigenvalue weighted by molar-refractivity contribution is -0.136. The van der Waals surface area contributed by atoms with E-state index in [0.29, 0.717) is 29.4 Å². The number of methoxy groups -OCH3 is 3. The van der Waals surface area contributed by atoms with Crippen molar-refractivity contribution >= 4 is 12.0 Å². The molecule has 0 heterocycles. The fraction of sp³-hybridized carbons (Fsp3) is 0.500. The molecule has 0 unspecified atom stereocenters. The molecule has 0 radical (unpaired) electrons. The van der Waals surface area contributed by atoms with Crippen molar-refractivity contribution in [2.24, 2.45) is 0 Å². The number of aliphatic carboxylic acids is 1. The summed E-state index contributed by atoms with van der Waals surface area (Å²) in [5, 5.41) is 9.34. The molecule has 0 amide bonds. The molecule has 1 aromatic rings. The molecule has 0 bridgehead atoms. The average molecular weight is 338 g/mol. The first kappa shape index (κ1) is 19.7. The van der Waals surface area contributed by atoms with Gasteiger partial charge in [-0.2, -0.15) is 0 Å². The van der Waals surface area contributed by atoms with Gasteiger partial charge in [-0.05, 0) is 24.6 Å². The Kier molecular flexibility index (Phi) is 8.54. The predicted molar refractivity (Wildman–Crippen MR) is 91.8 cm³/mol. The smallest absolute Gasteiger partial charge is 0.371 e. The Hall–Kier alpha value is -2.37. The fourth-order valence-electron chi connectivity index (χ4n) is 2.26. The number of carboxylic acid groups (broad SMARTS) is 1. The van der Waals surface area contributed by atoms with E-state index in [1.807, 2.05) is 0 Å². The highest BCUT2D eigenvalue weighted by molar-refractivity contribution is 5.90. The molecule has 6 nitrogen and oxygen atoms in total. The van der Waals surface area contributed by atoms with Gasteiger partial charge in [0.25, 0.3) is 0 Å². The van der Waals surface area contributed by atoms with Crippen LogP contribution in [0.5, 0.6) is 17.2 Å². The summed E-state index contributed by atoms with van der Waals surface area (Å²) in [7, 11) is 4.51. The lowest BCUT2D eigenvalue weighted by Crippen LogP contribution is -2.06. The quantitative estimate of drug-likeness (QED) is 0.376. The van der Waals surface area contributed by atoms with Gasteiger partial charge in [-0.25, -0.2) is 4.79 Å². The lowest BCUT2D eigenvalue weighted by atomic mass is 10.1. The SMILES string of the molecule is CCCCCCOC(=Cc1ccc(OC)c(OC)c1OC)C(=O)O. The Morgan fingerprint density at radius 1 is 1.04 bits per heavy atom. The van der Waals surface area contributed by atoms with Gasteiger partial charge in [0.2, 0.25) is 11.5 Å². The number of carboxylic acids is 1. The summed E-state index contributed by atoms with van der Waals surface area (Å²) in [4.78, 5) is 11.4. The van der Waals surface area contributed by atoms with Crippen LogP contribution in [0.1, 0.15) is 38.2 Å². The minimum absolute atomic E-state index is 0.128. The van der Waals surface area contributed by atoms with Gasteiger partial charge in [0.15, 0.2) is 11.5 Å². The molecule has 1 aromatic carbocycles. The van der Waals surface area contributed by atoms with Gasteiger partial charge in [0.1, 0.15) is 0 Å². The highest BCUT2D eigenvalue weighted by Gasteiger charge is 2.17. The molecule has 1 rings (SSSR count). The van der Waals surface area contributed by atoms with E-state index in [9.17, 15) is 9.90 Å². The van der Waals surface area contributed by atoms with E-state index >= 15 is 0 Å². The van der Waals surface area contributed by atoms with Crippen LogP contribution in [0.4, 0.5) is 0 Å². The van der Waals surface area contributed by atoms with Gasteiger partial charge in [0.05, 0.1) is 27.9 Å². The third-order valence-corrected chi connectivity index (χ3v) is 3.49. The molecule has 0 spiro atoms. The number of hydrogen-bond donors (Lipinski definition) is 1. The van der Waals surface area contributed by atoms with Gasteiger partial charge in [-0.15, -0.1) is 0 Å². The number of ether oxygens (including phenoxy) is 4. The number of benzene rings is 1. The van der Waals surface area contributed by atoms with E-state index < -0.39 is 5.97 Å². The summed E-state index contributed by atoms with van der Waals surface area (Å²) in [6.45, 7) is 2.49. The molecule has 0 saturated carbocycles. The van der Waals surface area contributed by atoms with Crippen molar-refractivity contribution in [3.05, 3.63) is 23.5 Å². The molecule has 0 aliphatic heterocycles. The van der Waals surface area contributed by atoms with Crippen molar-refractivity contribution in [2.75, 3.05) is 27.9 Å². The summed E-state index contributed by atoms with van der Waals surface area (Å²) >= 11 is 0. The zero-order chi connectivity index (χ0) is 17.9. The molecule has 6 heteroatoms. The monoisotopic (exact) mass is 338 g/mol. The van der Waals surface area contributed by atoms with Crippen LogP contribution in [-0.4, -0.2) is 39.0 Å². The molecular weight excluding hydrogens is 312 g/mol. The first-order valence-electron chi connectivity index (χ1n) is 7.95. The molecule has 1 N–H and O–H groups in total. The van der Waals surface area contributed by atoms with Crippen LogP contribution in [0, 0.1) is 0 Å². The molecule has 0 aromatic heterocycles. The largest absolute Gasteiger partial charge is 0.493 e. The maximum absolute atomic E-state index is 11.4. The first-order chi connectivity index (χ1) is 11.6. The van der Waals surface area contributed by atoms with Crippen molar-refractivity contribution in [1.82, 2.24) is 0 Å². The van der Waals surface area contributed by atoms with Crippen LogP contribution in [0.3, 0.4) is 0 Å². The maximum Gasteiger partial charge on any atom is 0.371 e. The van der Waals surface area contributed by atoms with Gasteiger partial charge in [-0.3, -0.25) is 0 Å². The van der Waals surface area contributed by atoms with Crippen LogP contribution < -0.4 is 14.2 Å². The van der Waals surface area contributed by atoms with Crippen molar-refractivity contribution in [3.8, 4) is 17.2 Å². The lowest BCUT2D eigenvalue weighted by Gasteiger charge is -2.14. The van der Waals surface area contributed by atoms with Crippen molar-refractivity contribution < 1.29 is 28.8 Å². The van der Waals surface area contributed by atoms with Crippen molar-refractivity contribution in [3.63, 3.8) is 0 Å². The van der Waals surface area contributed by atoms with Gasteiger partial charge in [-0.1, -0.05) is 26.2 Å². The van der Waals surface area contributed by atoms with E-state index in [1.165, 1.54) is 27.4 Å². The van der Waals surface area contributed by atoms with Crippen molar-refractivity contribution in [1.29, 1.82) is 0 Å². The van der Waals surface area contributed by atoms with Gasteiger partial charge in [0, 0.05) is 5.56 Å². The Morgan fingerprint density at radius 2 is 1.75 bits per heavy atom. The minimum atomic E-state index is -1.12. The molecular formula is C18H26O6. The van der Waals surface area contributed by atoms with Crippen LogP contribution in [0.25, 0.3) is 6.08 Å². The number of unbranched alkanes of at least 4 members (excludes halogenated alkanes) is 3. The first-order valence-corrected chi connectivity index (χ1v) is 7.95. The maximum atomic E-state index is 11.4. The molecule has 0 saturated heterocycles. The van der Waals surface area contributed by atoms with Crippen LogP contribution in [-0.2, 0) is 9.53 Å². The zero-order valence-corrected chi connectivity index (χ0v) is 14.8. The minimum Gasteiger partial charge on any atom is -0.493 e. The third-order valence-electron chi connectivity index (χ3n) is 3.49. The van der Waals surface area contributed by atoms with Gasteiger partial charge < -0.3 is 24.1 Å². The number of hydrogen-bond acceptors (Lipinski definition) is 5. The molecule has 0 aliphatic carbocycles. The van der Waals surface area contributed by atoms with E-state index in [0.717, 1.165) is 25.7 Å². The highest BCUT2D eigenvalue weighted by Crippen LogP contribution is 2.40. The Morgan fingerprint density at radius 3 is 2.29 bits per heavy atom. The third kappa shape index (κ3) is 5.37. The van der Waals surface area contributed by atoms with Gasteiger partial charge >= 0.3 is 5.97 Å². The molecule has 134 valence electrons. The Balaban J connectivity index is 3.03. The van der Waals surface area contributed by atoms with E-state index in [2.05, 4.69) is 6.92 Å². The topological polar surface area (TPSA) is 74.2 Å². The standard InChI is InChI=1S/C18H26O6/c1-5-6-7-8-11-24-15(18(19)20)12-13-9-10-14(21-2)17(23-4)16(13)22-3/h9-10,12H,5-8,11H2,1-4H3,(H,19,20). The van der Waals surface area contributed by atoms with Crippen molar-refractivity contribution in [2.45, 2.75) is 32.6 Å². The van der Waals surface area contributed by atoms with E-state index in [-0.39, 0.29) is 5.76 Å². The summed E-state index contributed by atoms with van der Waals surface area (Å²) in [5.41, 5.74) is 0.543. The normalized spacial score (nSPS) is 11.1. The Bertz CT molecular complexity index is 565. The second kappa shape index (κ2) is 10.4. The molecule has 24 heavy (non-hydrogen) atoms. The molecule has 0 aliphatic rings. The zero-order valence-electron chi connectivity index (χ0n) is 14.8. The summed E-state index contributed by atoms with van der Waals surface area (Å²) in [5.74, 6) is 0.0508. The summed E-state index contributed by atoms with van der Waals surface area (Å²) in [6.07, 6.45) is 5.50. The average Bonchev–Trinajstić information content (AvgIpc) is 2.59. The summed E-state index contributed by atoms with van der Waals surface area (Å²) in [6, 6.07) is 3.39. The van der Waals surface area contributed by atoms with Crippen LogP contribution >= 0.6 is 0 Å². The van der Waals surface area contributed by atoms with Crippen LogP contribution in [0.15, 0.2) is 17.9 Å². The molecule has 0 atom stereocenters. The van der Waals surface area contributed by atoms with E-state index in [4.69, 9.17) is 18.9 Å².